The summed E-state index contributed by atoms with van der Waals surface area (Å²) in [5.74, 6) is -1.55. The van der Waals surface area contributed by atoms with Gasteiger partial charge in [0.2, 0.25) is 5.91 Å². The predicted octanol–water partition coefficient (Wildman–Crippen LogP) is 3.45. The molecule has 0 spiro atoms. The fourth-order valence-electron chi connectivity index (χ4n) is 1.52. The molecule has 110 valence electrons. The van der Waals surface area contributed by atoms with E-state index in [0.717, 1.165) is 0 Å². The number of carbonyl (C=O) groups excluding carboxylic acids is 1. The van der Waals surface area contributed by atoms with Crippen LogP contribution in [0.15, 0.2) is 12.1 Å². The highest BCUT2D eigenvalue weighted by molar-refractivity contribution is 6.37. The van der Waals surface area contributed by atoms with Gasteiger partial charge in [-0.05, 0) is 25.5 Å². The Bertz CT molecular complexity index is 519. The van der Waals surface area contributed by atoms with E-state index >= 15 is 0 Å². The zero-order valence-corrected chi connectivity index (χ0v) is 12.6. The van der Waals surface area contributed by atoms with Crippen molar-refractivity contribution in [2.45, 2.75) is 25.9 Å². The third-order valence-corrected chi connectivity index (χ3v) is 3.25. The molecule has 5 nitrogen and oxygen atoms in total. The van der Waals surface area contributed by atoms with Crippen LogP contribution < -0.4 is 5.32 Å². The average molecular weight is 320 g/mol. The van der Waals surface area contributed by atoms with Gasteiger partial charge in [-0.1, -0.05) is 23.2 Å². The van der Waals surface area contributed by atoms with Gasteiger partial charge in [0.1, 0.15) is 0 Å². The molecule has 0 aliphatic carbocycles. The zero-order chi connectivity index (χ0) is 15.3. The Morgan fingerprint density at radius 2 is 2.05 bits per heavy atom. The minimum absolute atomic E-state index is 0.0543. The summed E-state index contributed by atoms with van der Waals surface area (Å²) in [5, 5.41) is 11.9. The van der Waals surface area contributed by atoms with Crippen molar-refractivity contribution in [1.82, 2.24) is 0 Å². The maximum Gasteiger partial charge on any atom is 0.337 e. The van der Waals surface area contributed by atoms with Crippen molar-refractivity contribution in [3.63, 3.8) is 0 Å². The molecule has 0 saturated heterocycles. The van der Waals surface area contributed by atoms with Gasteiger partial charge in [0.05, 0.1) is 22.4 Å². The van der Waals surface area contributed by atoms with Crippen LogP contribution in [0.2, 0.25) is 10.0 Å². The minimum Gasteiger partial charge on any atom is -0.478 e. The SMILES string of the molecule is COC(C)CCC(=O)Nc1c(Cl)cc(Cl)cc1C(=O)O. The molecule has 1 aromatic rings. The molecular weight excluding hydrogens is 305 g/mol. The van der Waals surface area contributed by atoms with Crippen molar-refractivity contribution in [3.8, 4) is 0 Å². The number of ether oxygens (including phenoxy) is 1. The smallest absolute Gasteiger partial charge is 0.337 e. The number of carboxylic acids is 1. The van der Waals surface area contributed by atoms with E-state index in [1.54, 1.807) is 7.11 Å². The van der Waals surface area contributed by atoms with E-state index in [-0.39, 0.29) is 39.7 Å². The van der Waals surface area contributed by atoms with Crippen LogP contribution in [0.25, 0.3) is 0 Å². The molecule has 1 aromatic carbocycles. The fourth-order valence-corrected chi connectivity index (χ4v) is 2.06. The Morgan fingerprint density at radius 3 is 2.60 bits per heavy atom. The summed E-state index contributed by atoms with van der Waals surface area (Å²) in [6.07, 6.45) is 0.670. The Kier molecular flexibility index (Phi) is 6.26. The first-order valence-electron chi connectivity index (χ1n) is 5.90. The number of benzene rings is 1. The van der Waals surface area contributed by atoms with E-state index in [2.05, 4.69) is 5.32 Å². The quantitative estimate of drug-likeness (QED) is 0.842. The van der Waals surface area contributed by atoms with Crippen molar-refractivity contribution in [2.75, 3.05) is 12.4 Å². The van der Waals surface area contributed by atoms with Gasteiger partial charge in [-0.25, -0.2) is 4.79 Å². The maximum absolute atomic E-state index is 11.8. The van der Waals surface area contributed by atoms with Gasteiger partial charge in [-0.2, -0.15) is 0 Å². The Hall–Kier alpha value is -1.30. The van der Waals surface area contributed by atoms with Crippen LogP contribution in [0.4, 0.5) is 5.69 Å². The molecule has 0 fully saturated rings. The van der Waals surface area contributed by atoms with Crippen LogP contribution in [-0.4, -0.2) is 30.2 Å². The van der Waals surface area contributed by atoms with Crippen molar-refractivity contribution in [1.29, 1.82) is 0 Å². The van der Waals surface area contributed by atoms with Gasteiger partial charge >= 0.3 is 5.97 Å². The topological polar surface area (TPSA) is 75.6 Å². The van der Waals surface area contributed by atoms with E-state index in [1.165, 1.54) is 12.1 Å². The lowest BCUT2D eigenvalue weighted by atomic mass is 10.1. The number of halogens is 2. The van der Waals surface area contributed by atoms with Gasteiger partial charge < -0.3 is 15.2 Å². The molecule has 0 saturated carbocycles. The average Bonchev–Trinajstić information content (AvgIpc) is 2.38. The molecule has 0 heterocycles. The third kappa shape index (κ3) is 4.67. The zero-order valence-electron chi connectivity index (χ0n) is 11.1. The molecule has 1 amide bonds. The number of hydrogen-bond donors (Lipinski definition) is 2. The number of amides is 1. The highest BCUT2D eigenvalue weighted by atomic mass is 35.5. The summed E-state index contributed by atoms with van der Waals surface area (Å²) < 4.78 is 5.03. The summed E-state index contributed by atoms with van der Waals surface area (Å²) in [5.41, 5.74) is -0.0886. The molecule has 20 heavy (non-hydrogen) atoms. The maximum atomic E-state index is 11.8. The molecule has 1 rings (SSSR count). The van der Waals surface area contributed by atoms with E-state index in [0.29, 0.717) is 6.42 Å². The Balaban J connectivity index is 2.86. The molecule has 1 atom stereocenters. The molecule has 0 radical (unpaired) electrons. The summed E-state index contributed by atoms with van der Waals surface area (Å²) in [4.78, 5) is 22.9. The number of carboxylic acid groups (broad SMARTS) is 1. The first-order valence-corrected chi connectivity index (χ1v) is 6.65. The largest absolute Gasteiger partial charge is 0.478 e. The second kappa shape index (κ2) is 7.47. The number of hydrogen-bond acceptors (Lipinski definition) is 3. The van der Waals surface area contributed by atoms with Crippen molar-refractivity contribution in [3.05, 3.63) is 27.7 Å². The first-order chi connectivity index (χ1) is 9.35. The summed E-state index contributed by atoms with van der Waals surface area (Å²) in [6, 6.07) is 2.62. The number of carbonyl (C=O) groups is 2. The molecule has 0 aliphatic heterocycles. The molecule has 0 aromatic heterocycles. The molecule has 1 unspecified atom stereocenters. The van der Waals surface area contributed by atoms with Crippen LogP contribution in [0, 0.1) is 0 Å². The number of nitrogens with one attached hydrogen (secondary N) is 1. The standard InChI is InChI=1S/C13H15Cl2NO4/c1-7(20-2)3-4-11(17)16-12-9(13(18)19)5-8(14)6-10(12)15/h5-7H,3-4H2,1-2H3,(H,16,17)(H,18,19). The first kappa shape index (κ1) is 16.8. The van der Waals surface area contributed by atoms with Crippen LogP contribution in [0.5, 0.6) is 0 Å². The highest BCUT2D eigenvalue weighted by Gasteiger charge is 2.17. The second-order valence-electron chi connectivity index (χ2n) is 4.25. The summed E-state index contributed by atoms with van der Waals surface area (Å²) in [7, 11) is 1.56. The van der Waals surface area contributed by atoms with Crippen LogP contribution in [0.1, 0.15) is 30.1 Å². The fraction of sp³-hybridized carbons (Fsp3) is 0.385. The lowest BCUT2D eigenvalue weighted by Gasteiger charge is -2.12. The molecule has 0 bridgehead atoms. The monoisotopic (exact) mass is 319 g/mol. The molecule has 0 aliphatic rings. The lowest BCUT2D eigenvalue weighted by molar-refractivity contribution is -0.116. The number of anilines is 1. The Labute approximate surface area is 126 Å². The number of rotatable bonds is 6. The molecule has 2 N–H and O–H groups in total. The van der Waals surface area contributed by atoms with Gasteiger partial charge in [0, 0.05) is 18.6 Å². The highest BCUT2D eigenvalue weighted by Crippen LogP contribution is 2.30. The summed E-state index contributed by atoms with van der Waals surface area (Å²) >= 11 is 11.7. The Morgan fingerprint density at radius 1 is 1.40 bits per heavy atom. The number of aromatic carboxylic acids is 1. The van der Waals surface area contributed by atoms with Crippen molar-refractivity contribution < 1.29 is 19.4 Å². The third-order valence-electron chi connectivity index (χ3n) is 2.73. The summed E-state index contributed by atoms with van der Waals surface area (Å²) in [6.45, 7) is 1.84. The van der Waals surface area contributed by atoms with Gasteiger partial charge in [-0.15, -0.1) is 0 Å². The second-order valence-corrected chi connectivity index (χ2v) is 5.09. The predicted molar refractivity (Wildman–Crippen MR) is 77.8 cm³/mol. The number of methoxy groups -OCH3 is 1. The molecular formula is C13H15Cl2NO4. The van der Waals surface area contributed by atoms with E-state index < -0.39 is 5.97 Å². The van der Waals surface area contributed by atoms with Gasteiger partial charge in [-0.3, -0.25) is 4.79 Å². The van der Waals surface area contributed by atoms with E-state index in [9.17, 15) is 9.59 Å². The van der Waals surface area contributed by atoms with Crippen molar-refractivity contribution in [2.24, 2.45) is 0 Å². The van der Waals surface area contributed by atoms with Gasteiger partial charge in [0.25, 0.3) is 0 Å². The lowest BCUT2D eigenvalue weighted by Crippen LogP contribution is -2.17. The minimum atomic E-state index is -1.21. The molecule has 7 heteroatoms. The van der Waals surface area contributed by atoms with E-state index in [4.69, 9.17) is 33.0 Å². The van der Waals surface area contributed by atoms with E-state index in [1.807, 2.05) is 6.92 Å². The van der Waals surface area contributed by atoms with Gasteiger partial charge in [0.15, 0.2) is 0 Å². The van der Waals surface area contributed by atoms with Crippen molar-refractivity contribution >= 4 is 40.8 Å². The van der Waals surface area contributed by atoms with Crippen LogP contribution in [-0.2, 0) is 9.53 Å². The normalized spacial score (nSPS) is 12.0. The van der Waals surface area contributed by atoms with Crippen LogP contribution >= 0.6 is 23.2 Å². The van der Waals surface area contributed by atoms with Crippen LogP contribution in [0.3, 0.4) is 0 Å².